The summed E-state index contributed by atoms with van der Waals surface area (Å²) in [6.07, 6.45) is 1.47. The van der Waals surface area contributed by atoms with Crippen LogP contribution in [-0.2, 0) is 4.79 Å². The van der Waals surface area contributed by atoms with E-state index in [0.29, 0.717) is 10.0 Å². The molecule has 1 amide bonds. The topological polar surface area (TPSA) is 73.1 Å². The predicted molar refractivity (Wildman–Crippen MR) is 72.7 cm³/mol. The first-order chi connectivity index (χ1) is 8.43. The van der Waals surface area contributed by atoms with Crippen LogP contribution >= 0.6 is 15.9 Å². The molecule has 2 N–H and O–H groups in total. The molecule has 0 saturated heterocycles. The van der Waals surface area contributed by atoms with Gasteiger partial charge in [-0.15, -0.1) is 0 Å². The van der Waals surface area contributed by atoms with Crippen LogP contribution in [0.25, 0.3) is 6.08 Å². The first-order valence-corrected chi connectivity index (χ1v) is 6.14. The number of halogens is 1. The number of hydrogen-bond donors (Lipinski definition) is 2. The number of carbonyl (C=O) groups excluding carboxylic acids is 1. The highest BCUT2D eigenvalue weighted by atomic mass is 79.9. The zero-order chi connectivity index (χ0) is 13.7. The third-order valence-electron chi connectivity index (χ3n) is 2.07. The van der Waals surface area contributed by atoms with Gasteiger partial charge in [0.1, 0.15) is 17.4 Å². The molecule has 0 fully saturated rings. The Balaban J connectivity index is 3.01. The predicted octanol–water partition coefficient (Wildman–Crippen LogP) is 2.59. The summed E-state index contributed by atoms with van der Waals surface area (Å²) in [7, 11) is 0. The van der Waals surface area contributed by atoms with Crippen molar-refractivity contribution in [2.45, 2.75) is 19.9 Å². The average molecular weight is 309 g/mol. The highest BCUT2D eigenvalue weighted by molar-refractivity contribution is 9.10. The highest BCUT2D eigenvalue weighted by Crippen LogP contribution is 2.25. The fraction of sp³-hybridized carbons (Fsp3) is 0.231. The molecule has 0 radical (unpaired) electrons. The van der Waals surface area contributed by atoms with Gasteiger partial charge >= 0.3 is 0 Å². The summed E-state index contributed by atoms with van der Waals surface area (Å²) in [5.41, 5.74) is 0.691. The van der Waals surface area contributed by atoms with Crippen molar-refractivity contribution in [1.82, 2.24) is 5.32 Å². The number of aromatic hydroxyl groups is 1. The molecule has 0 spiro atoms. The number of phenols is 1. The Morgan fingerprint density at radius 2 is 2.22 bits per heavy atom. The van der Waals surface area contributed by atoms with Crippen LogP contribution in [-0.4, -0.2) is 17.1 Å². The number of rotatable bonds is 3. The van der Waals surface area contributed by atoms with Crippen LogP contribution in [0.2, 0.25) is 0 Å². The van der Waals surface area contributed by atoms with E-state index < -0.39 is 5.91 Å². The van der Waals surface area contributed by atoms with Crippen molar-refractivity contribution in [2.24, 2.45) is 0 Å². The van der Waals surface area contributed by atoms with E-state index in [2.05, 4.69) is 21.2 Å². The van der Waals surface area contributed by atoms with Gasteiger partial charge in [0.15, 0.2) is 0 Å². The van der Waals surface area contributed by atoms with Gasteiger partial charge < -0.3 is 10.4 Å². The second-order valence-electron chi connectivity index (χ2n) is 4.01. The molecule has 0 unspecified atom stereocenters. The van der Waals surface area contributed by atoms with Gasteiger partial charge in [0.05, 0.1) is 4.47 Å². The smallest absolute Gasteiger partial charge is 0.262 e. The normalized spacial score (nSPS) is 11.2. The number of carbonyl (C=O) groups is 1. The van der Waals surface area contributed by atoms with Crippen molar-refractivity contribution in [1.29, 1.82) is 5.26 Å². The first kappa shape index (κ1) is 14.3. The second kappa shape index (κ2) is 6.22. The molecule has 0 aliphatic heterocycles. The molecule has 1 aromatic carbocycles. The molecular formula is C13H13BrN2O2. The molecule has 0 bridgehead atoms. The lowest BCUT2D eigenvalue weighted by Crippen LogP contribution is -2.30. The minimum Gasteiger partial charge on any atom is -0.507 e. The summed E-state index contributed by atoms with van der Waals surface area (Å²) in [5, 5.41) is 21.0. The molecule has 0 saturated carbocycles. The molecule has 0 aliphatic carbocycles. The maximum absolute atomic E-state index is 11.7. The van der Waals surface area contributed by atoms with E-state index in [1.807, 2.05) is 19.9 Å². The standard InChI is InChI=1S/C13H13BrN2O2/c1-8(2)16-13(18)10(7-15)5-9-3-4-12(17)11(14)6-9/h3-6,8,17H,1-2H3,(H,16,18)/b10-5-. The van der Waals surface area contributed by atoms with Gasteiger partial charge in [-0.05, 0) is 53.5 Å². The third kappa shape index (κ3) is 3.90. The SMILES string of the molecule is CC(C)NC(=O)/C(C#N)=C\c1ccc(O)c(Br)c1. The summed E-state index contributed by atoms with van der Waals surface area (Å²) in [6.45, 7) is 3.65. The quantitative estimate of drug-likeness (QED) is 0.666. The average Bonchev–Trinajstić information content (AvgIpc) is 2.29. The Morgan fingerprint density at radius 3 is 2.72 bits per heavy atom. The van der Waals surface area contributed by atoms with Crippen LogP contribution in [0.5, 0.6) is 5.75 Å². The molecule has 5 heteroatoms. The molecule has 1 aromatic rings. The van der Waals surface area contributed by atoms with Crippen molar-refractivity contribution in [3.8, 4) is 11.8 Å². The number of phenolic OH excluding ortho intramolecular Hbond substituents is 1. The zero-order valence-corrected chi connectivity index (χ0v) is 11.7. The summed E-state index contributed by atoms with van der Waals surface area (Å²) in [4.78, 5) is 11.7. The lowest BCUT2D eigenvalue weighted by molar-refractivity contribution is -0.117. The second-order valence-corrected chi connectivity index (χ2v) is 4.86. The van der Waals surface area contributed by atoms with E-state index >= 15 is 0 Å². The first-order valence-electron chi connectivity index (χ1n) is 5.35. The van der Waals surface area contributed by atoms with Crippen LogP contribution in [0.1, 0.15) is 19.4 Å². The van der Waals surface area contributed by atoms with Gasteiger partial charge in [0, 0.05) is 6.04 Å². The summed E-state index contributed by atoms with van der Waals surface area (Å²) in [5.74, 6) is -0.297. The van der Waals surface area contributed by atoms with E-state index in [4.69, 9.17) is 5.26 Å². The van der Waals surface area contributed by atoms with Crippen molar-refractivity contribution in [3.05, 3.63) is 33.8 Å². The largest absolute Gasteiger partial charge is 0.507 e. The van der Waals surface area contributed by atoms with Gasteiger partial charge in [-0.25, -0.2) is 0 Å². The lowest BCUT2D eigenvalue weighted by atomic mass is 10.1. The fourth-order valence-corrected chi connectivity index (χ4v) is 1.66. The molecule has 0 heterocycles. The summed E-state index contributed by atoms with van der Waals surface area (Å²) in [6, 6.07) is 6.58. The Hall–Kier alpha value is -1.80. The monoisotopic (exact) mass is 308 g/mol. The van der Waals surface area contributed by atoms with Crippen LogP contribution in [0.3, 0.4) is 0 Å². The lowest BCUT2D eigenvalue weighted by Gasteiger charge is -2.07. The Labute approximate surface area is 114 Å². The maximum Gasteiger partial charge on any atom is 0.262 e. The van der Waals surface area contributed by atoms with E-state index in [0.717, 1.165) is 0 Å². The van der Waals surface area contributed by atoms with Gasteiger partial charge in [-0.1, -0.05) is 6.07 Å². The van der Waals surface area contributed by atoms with E-state index in [1.54, 1.807) is 12.1 Å². The molecule has 0 aliphatic rings. The summed E-state index contributed by atoms with van der Waals surface area (Å²) >= 11 is 3.17. The Morgan fingerprint density at radius 1 is 1.56 bits per heavy atom. The number of nitriles is 1. The molecule has 4 nitrogen and oxygen atoms in total. The van der Waals surface area contributed by atoms with Crippen molar-refractivity contribution >= 4 is 27.9 Å². The molecule has 1 rings (SSSR count). The highest BCUT2D eigenvalue weighted by Gasteiger charge is 2.10. The number of benzene rings is 1. The minimum atomic E-state index is -0.406. The van der Waals surface area contributed by atoms with Gasteiger partial charge in [0.2, 0.25) is 0 Å². The third-order valence-corrected chi connectivity index (χ3v) is 2.70. The van der Waals surface area contributed by atoms with Crippen LogP contribution in [0, 0.1) is 11.3 Å². The fourth-order valence-electron chi connectivity index (χ4n) is 1.27. The minimum absolute atomic E-state index is 0.0270. The maximum atomic E-state index is 11.7. The van der Waals surface area contributed by atoms with Crippen molar-refractivity contribution in [2.75, 3.05) is 0 Å². The van der Waals surface area contributed by atoms with Crippen molar-refractivity contribution in [3.63, 3.8) is 0 Å². The van der Waals surface area contributed by atoms with Crippen LogP contribution < -0.4 is 5.32 Å². The Bertz CT molecular complexity index is 530. The number of nitrogens with zero attached hydrogens (tertiary/aromatic N) is 1. The number of hydrogen-bond acceptors (Lipinski definition) is 3. The van der Waals surface area contributed by atoms with Gasteiger partial charge in [0.25, 0.3) is 5.91 Å². The van der Waals surface area contributed by atoms with Crippen molar-refractivity contribution < 1.29 is 9.90 Å². The molecular weight excluding hydrogens is 296 g/mol. The summed E-state index contributed by atoms with van der Waals surface area (Å²) < 4.78 is 0.512. The molecule has 0 atom stereocenters. The van der Waals surface area contributed by atoms with E-state index in [-0.39, 0.29) is 17.4 Å². The van der Waals surface area contributed by atoms with Gasteiger partial charge in [-0.2, -0.15) is 5.26 Å². The van der Waals surface area contributed by atoms with E-state index in [9.17, 15) is 9.90 Å². The molecule has 18 heavy (non-hydrogen) atoms. The number of nitrogens with one attached hydrogen (secondary N) is 1. The number of amides is 1. The zero-order valence-electron chi connectivity index (χ0n) is 10.1. The van der Waals surface area contributed by atoms with Crippen LogP contribution in [0.15, 0.2) is 28.2 Å². The van der Waals surface area contributed by atoms with E-state index in [1.165, 1.54) is 12.1 Å². The van der Waals surface area contributed by atoms with Gasteiger partial charge in [-0.3, -0.25) is 4.79 Å². The molecule has 0 aromatic heterocycles. The van der Waals surface area contributed by atoms with Crippen LogP contribution in [0.4, 0.5) is 0 Å². The molecule has 94 valence electrons. The Kier molecular flexibility index (Phi) is 4.93.